The molecule has 2 atom stereocenters. The SMILES string of the molecule is CCC1CCCCN1CCCC(C)O. The molecule has 2 heteroatoms. The minimum atomic E-state index is -0.125. The van der Waals surface area contributed by atoms with Crippen molar-refractivity contribution >= 4 is 0 Å². The molecule has 1 aliphatic heterocycles. The van der Waals surface area contributed by atoms with Crippen LogP contribution in [0.25, 0.3) is 0 Å². The molecule has 1 fully saturated rings. The molecule has 0 spiro atoms. The molecule has 0 saturated carbocycles. The summed E-state index contributed by atoms with van der Waals surface area (Å²) in [5.74, 6) is 0. The van der Waals surface area contributed by atoms with Gasteiger partial charge in [0.15, 0.2) is 0 Å². The molecule has 0 aromatic heterocycles. The highest BCUT2D eigenvalue weighted by Crippen LogP contribution is 2.19. The third-order valence-electron chi connectivity index (χ3n) is 3.29. The molecular weight excluding hydrogens is 174 g/mol. The summed E-state index contributed by atoms with van der Waals surface area (Å²) in [6, 6.07) is 0.817. The second-order valence-corrected chi connectivity index (χ2v) is 4.59. The second kappa shape index (κ2) is 6.41. The number of aliphatic hydroxyl groups excluding tert-OH is 1. The van der Waals surface area contributed by atoms with Crippen LogP contribution >= 0.6 is 0 Å². The van der Waals surface area contributed by atoms with E-state index in [-0.39, 0.29) is 6.10 Å². The predicted octanol–water partition coefficient (Wildman–Crippen LogP) is 2.41. The molecule has 1 N–H and O–H groups in total. The van der Waals surface area contributed by atoms with Gasteiger partial charge in [0, 0.05) is 6.04 Å². The molecule has 0 bridgehead atoms. The maximum Gasteiger partial charge on any atom is 0.0512 e. The van der Waals surface area contributed by atoms with Gasteiger partial charge in [0.2, 0.25) is 0 Å². The van der Waals surface area contributed by atoms with E-state index in [0.29, 0.717) is 0 Å². The summed E-state index contributed by atoms with van der Waals surface area (Å²) in [6.45, 7) is 6.63. The molecule has 0 amide bonds. The molecule has 14 heavy (non-hydrogen) atoms. The van der Waals surface area contributed by atoms with Crippen molar-refractivity contribution in [3.63, 3.8) is 0 Å². The van der Waals surface area contributed by atoms with Gasteiger partial charge in [0.05, 0.1) is 6.10 Å². The van der Waals surface area contributed by atoms with Gasteiger partial charge in [-0.25, -0.2) is 0 Å². The molecule has 84 valence electrons. The van der Waals surface area contributed by atoms with Crippen molar-refractivity contribution in [2.45, 2.75) is 64.5 Å². The van der Waals surface area contributed by atoms with Gasteiger partial charge in [-0.1, -0.05) is 13.3 Å². The summed E-state index contributed by atoms with van der Waals surface area (Å²) in [6.07, 6.45) is 7.41. The van der Waals surface area contributed by atoms with E-state index in [4.69, 9.17) is 0 Å². The summed E-state index contributed by atoms with van der Waals surface area (Å²) in [5, 5.41) is 9.19. The zero-order chi connectivity index (χ0) is 10.4. The van der Waals surface area contributed by atoms with Crippen LogP contribution in [-0.2, 0) is 0 Å². The van der Waals surface area contributed by atoms with Gasteiger partial charge in [-0.2, -0.15) is 0 Å². The van der Waals surface area contributed by atoms with Crippen LogP contribution in [0.4, 0.5) is 0 Å². The Kier molecular flexibility index (Phi) is 5.49. The summed E-state index contributed by atoms with van der Waals surface area (Å²) < 4.78 is 0. The predicted molar refractivity (Wildman–Crippen MR) is 60.4 cm³/mol. The van der Waals surface area contributed by atoms with E-state index in [1.165, 1.54) is 38.8 Å². The maximum absolute atomic E-state index is 9.19. The number of aliphatic hydroxyl groups is 1. The highest BCUT2D eigenvalue weighted by Gasteiger charge is 2.19. The third kappa shape index (κ3) is 3.97. The molecule has 1 saturated heterocycles. The quantitative estimate of drug-likeness (QED) is 0.735. The minimum Gasteiger partial charge on any atom is -0.393 e. The zero-order valence-electron chi connectivity index (χ0n) is 9.71. The van der Waals surface area contributed by atoms with Crippen LogP contribution in [0.15, 0.2) is 0 Å². The largest absolute Gasteiger partial charge is 0.393 e. The first-order valence-electron chi connectivity index (χ1n) is 6.16. The Hall–Kier alpha value is -0.0800. The normalized spacial score (nSPS) is 26.4. The lowest BCUT2D eigenvalue weighted by Gasteiger charge is -2.35. The van der Waals surface area contributed by atoms with E-state index in [1.807, 2.05) is 6.92 Å². The van der Waals surface area contributed by atoms with E-state index in [0.717, 1.165) is 18.9 Å². The molecule has 0 radical (unpaired) electrons. The average Bonchev–Trinajstić information content (AvgIpc) is 2.18. The first-order chi connectivity index (χ1) is 6.74. The fourth-order valence-corrected chi connectivity index (χ4v) is 2.41. The monoisotopic (exact) mass is 199 g/mol. The maximum atomic E-state index is 9.19. The zero-order valence-corrected chi connectivity index (χ0v) is 9.71. The smallest absolute Gasteiger partial charge is 0.0512 e. The Bertz CT molecular complexity index is 147. The molecule has 1 heterocycles. The van der Waals surface area contributed by atoms with E-state index in [9.17, 15) is 5.11 Å². The van der Waals surface area contributed by atoms with Crippen LogP contribution in [0.3, 0.4) is 0 Å². The fourth-order valence-electron chi connectivity index (χ4n) is 2.41. The summed E-state index contributed by atoms with van der Waals surface area (Å²) in [7, 11) is 0. The molecule has 0 aromatic carbocycles. The van der Waals surface area contributed by atoms with Crippen LogP contribution in [0.5, 0.6) is 0 Å². The van der Waals surface area contributed by atoms with E-state index in [2.05, 4.69) is 11.8 Å². The van der Waals surface area contributed by atoms with Crippen molar-refractivity contribution in [1.82, 2.24) is 4.90 Å². The molecular formula is C12H25NO. The standard InChI is InChI=1S/C12H25NO/c1-3-12-8-4-5-9-13(12)10-6-7-11(2)14/h11-12,14H,3-10H2,1-2H3. The van der Waals surface area contributed by atoms with E-state index >= 15 is 0 Å². The Morgan fingerprint density at radius 3 is 2.86 bits per heavy atom. The molecule has 2 unspecified atom stereocenters. The number of likely N-dealkylation sites (tertiary alicyclic amines) is 1. The van der Waals surface area contributed by atoms with Crippen LogP contribution < -0.4 is 0 Å². The van der Waals surface area contributed by atoms with E-state index in [1.54, 1.807) is 0 Å². The fraction of sp³-hybridized carbons (Fsp3) is 1.00. The van der Waals surface area contributed by atoms with Gasteiger partial charge >= 0.3 is 0 Å². The van der Waals surface area contributed by atoms with Crippen molar-refractivity contribution in [3.8, 4) is 0 Å². The molecule has 2 nitrogen and oxygen atoms in total. The number of nitrogens with zero attached hydrogens (tertiary/aromatic N) is 1. The molecule has 0 aromatic rings. The first-order valence-corrected chi connectivity index (χ1v) is 6.16. The second-order valence-electron chi connectivity index (χ2n) is 4.59. The van der Waals surface area contributed by atoms with Crippen molar-refractivity contribution in [1.29, 1.82) is 0 Å². The third-order valence-corrected chi connectivity index (χ3v) is 3.29. The Balaban J connectivity index is 2.19. The number of rotatable bonds is 5. The van der Waals surface area contributed by atoms with Crippen LogP contribution in [-0.4, -0.2) is 35.2 Å². The summed E-state index contributed by atoms with van der Waals surface area (Å²) in [5.41, 5.74) is 0. The number of piperidine rings is 1. The van der Waals surface area contributed by atoms with Crippen molar-refractivity contribution in [3.05, 3.63) is 0 Å². The topological polar surface area (TPSA) is 23.5 Å². The Labute approximate surface area is 88.3 Å². The first kappa shape index (κ1) is 12.0. The van der Waals surface area contributed by atoms with Crippen molar-refractivity contribution < 1.29 is 5.11 Å². The Morgan fingerprint density at radius 2 is 2.21 bits per heavy atom. The van der Waals surface area contributed by atoms with Crippen LogP contribution in [0, 0.1) is 0 Å². The minimum absolute atomic E-state index is 0.125. The van der Waals surface area contributed by atoms with Crippen molar-refractivity contribution in [2.24, 2.45) is 0 Å². The molecule has 0 aliphatic carbocycles. The van der Waals surface area contributed by atoms with Crippen LogP contribution in [0.2, 0.25) is 0 Å². The van der Waals surface area contributed by atoms with E-state index < -0.39 is 0 Å². The molecule has 1 aliphatic rings. The number of hydrogen-bond donors (Lipinski definition) is 1. The Morgan fingerprint density at radius 1 is 1.43 bits per heavy atom. The average molecular weight is 199 g/mol. The lowest BCUT2D eigenvalue weighted by Crippen LogP contribution is -2.39. The van der Waals surface area contributed by atoms with Crippen molar-refractivity contribution in [2.75, 3.05) is 13.1 Å². The highest BCUT2D eigenvalue weighted by molar-refractivity contribution is 4.75. The van der Waals surface area contributed by atoms with Crippen LogP contribution in [0.1, 0.15) is 52.4 Å². The number of hydrogen-bond acceptors (Lipinski definition) is 2. The lowest BCUT2D eigenvalue weighted by atomic mass is 9.99. The van der Waals surface area contributed by atoms with Gasteiger partial charge in [-0.15, -0.1) is 0 Å². The summed E-state index contributed by atoms with van der Waals surface area (Å²) in [4.78, 5) is 2.62. The highest BCUT2D eigenvalue weighted by atomic mass is 16.3. The van der Waals surface area contributed by atoms with Gasteiger partial charge < -0.3 is 10.0 Å². The van der Waals surface area contributed by atoms with Gasteiger partial charge in [-0.05, 0) is 52.1 Å². The lowest BCUT2D eigenvalue weighted by molar-refractivity contribution is 0.126. The van der Waals surface area contributed by atoms with Gasteiger partial charge in [-0.3, -0.25) is 0 Å². The molecule has 1 rings (SSSR count). The summed E-state index contributed by atoms with van der Waals surface area (Å²) >= 11 is 0. The van der Waals surface area contributed by atoms with Gasteiger partial charge in [0.25, 0.3) is 0 Å². The van der Waals surface area contributed by atoms with Gasteiger partial charge in [0.1, 0.15) is 0 Å².